The molecule has 0 radical (unpaired) electrons. The fraction of sp³-hybridized carbons (Fsp3) is 0.316. The lowest BCUT2D eigenvalue weighted by Gasteiger charge is -2.14. The largest absolute Gasteiger partial charge is 0.479 e. The summed E-state index contributed by atoms with van der Waals surface area (Å²) in [5.74, 6) is -1.73. The average molecular weight is 410 g/mol. The molecule has 1 amide bonds. The van der Waals surface area contributed by atoms with E-state index >= 15 is 0 Å². The van der Waals surface area contributed by atoms with Crippen LogP contribution in [0.25, 0.3) is 11.3 Å². The van der Waals surface area contributed by atoms with Crippen LogP contribution in [0.4, 0.5) is 0 Å². The predicted molar refractivity (Wildman–Crippen MR) is 106 cm³/mol. The van der Waals surface area contributed by atoms with E-state index in [0.29, 0.717) is 15.7 Å². The van der Waals surface area contributed by atoms with Crippen molar-refractivity contribution in [2.24, 2.45) is 12.5 Å². The fourth-order valence-corrected chi connectivity index (χ4v) is 2.59. The number of nitrogens with one attached hydrogen (secondary N) is 1. The predicted octanol–water partition coefficient (Wildman–Crippen LogP) is 4.18. The van der Waals surface area contributed by atoms with Crippen LogP contribution in [0.5, 0.6) is 0 Å². The molecule has 1 aromatic heterocycles. The summed E-state index contributed by atoms with van der Waals surface area (Å²) in [7, 11) is 1.68. The van der Waals surface area contributed by atoms with Crippen LogP contribution in [-0.2, 0) is 11.8 Å². The van der Waals surface area contributed by atoms with Gasteiger partial charge in [0.25, 0.3) is 5.91 Å². The van der Waals surface area contributed by atoms with E-state index in [0.717, 1.165) is 5.56 Å². The highest BCUT2D eigenvalue weighted by molar-refractivity contribution is 6.42. The molecule has 8 heteroatoms. The van der Waals surface area contributed by atoms with E-state index in [1.165, 1.54) is 10.8 Å². The number of carbonyl (C=O) groups excluding carboxylic acids is 1. The third-order valence-electron chi connectivity index (χ3n) is 3.67. The Kier molecular flexibility index (Phi) is 6.34. The van der Waals surface area contributed by atoms with E-state index in [9.17, 15) is 14.7 Å². The number of aromatic nitrogens is 2. The number of carbonyl (C=O) groups is 2. The highest BCUT2D eigenvalue weighted by Crippen LogP contribution is 2.28. The Morgan fingerprint density at radius 2 is 1.89 bits per heavy atom. The molecule has 2 rings (SSSR count). The molecule has 0 fully saturated rings. The number of nitrogens with zero attached hydrogens (tertiary/aromatic N) is 2. The first-order valence-corrected chi connectivity index (χ1v) is 8.96. The van der Waals surface area contributed by atoms with Gasteiger partial charge in [0.2, 0.25) is 0 Å². The lowest BCUT2D eigenvalue weighted by molar-refractivity contribution is -0.137. The summed E-state index contributed by atoms with van der Waals surface area (Å²) in [6.45, 7) is 5.81. The molecule has 0 saturated heterocycles. The molecule has 0 spiro atoms. The Balaban J connectivity index is 2.25. The van der Waals surface area contributed by atoms with Gasteiger partial charge in [0.05, 0.1) is 15.7 Å². The van der Waals surface area contributed by atoms with Crippen LogP contribution in [0, 0.1) is 5.41 Å². The summed E-state index contributed by atoms with van der Waals surface area (Å²) in [5, 5.41) is 16.8. The minimum absolute atomic E-state index is 0.106. The highest BCUT2D eigenvalue weighted by atomic mass is 35.5. The molecule has 0 bridgehead atoms. The van der Waals surface area contributed by atoms with Crippen molar-refractivity contribution < 1.29 is 14.7 Å². The number of hydrogen-bond acceptors (Lipinski definition) is 3. The Labute approximate surface area is 167 Å². The minimum Gasteiger partial charge on any atom is -0.479 e. The smallest absolute Gasteiger partial charge is 0.330 e. The maximum Gasteiger partial charge on any atom is 0.330 e. The van der Waals surface area contributed by atoms with Crippen molar-refractivity contribution >= 4 is 35.1 Å². The van der Waals surface area contributed by atoms with Crippen LogP contribution in [0.3, 0.4) is 0 Å². The Bertz CT molecular complexity index is 898. The first-order valence-electron chi connectivity index (χ1n) is 8.20. The standard InChI is InChI=1S/C19H21Cl2N3O3/c1-19(2,3)8-7-14(18(26)27)22-17(25)15-10-16(24(4)23-15)11-5-6-12(20)13(21)9-11/h5-10,14H,1-4H3,(H,22,25)(H,26,27). The number of amides is 1. The molecule has 1 aromatic carbocycles. The quantitative estimate of drug-likeness (QED) is 0.725. The van der Waals surface area contributed by atoms with E-state index in [2.05, 4.69) is 10.4 Å². The van der Waals surface area contributed by atoms with Crippen molar-refractivity contribution in [1.82, 2.24) is 15.1 Å². The Morgan fingerprint density at radius 1 is 1.22 bits per heavy atom. The lowest BCUT2D eigenvalue weighted by atomic mass is 9.95. The number of carboxylic acid groups (broad SMARTS) is 1. The van der Waals surface area contributed by atoms with Crippen molar-refractivity contribution in [3.8, 4) is 11.3 Å². The third kappa shape index (κ3) is 5.58. The van der Waals surface area contributed by atoms with Gasteiger partial charge < -0.3 is 10.4 Å². The highest BCUT2D eigenvalue weighted by Gasteiger charge is 2.21. The van der Waals surface area contributed by atoms with Crippen LogP contribution in [0.15, 0.2) is 36.4 Å². The van der Waals surface area contributed by atoms with Gasteiger partial charge in [-0.2, -0.15) is 5.10 Å². The topological polar surface area (TPSA) is 84.2 Å². The Hall–Kier alpha value is -2.31. The summed E-state index contributed by atoms with van der Waals surface area (Å²) in [6.07, 6.45) is 3.20. The molecule has 2 aromatic rings. The first-order chi connectivity index (χ1) is 12.5. The van der Waals surface area contributed by atoms with Crippen molar-refractivity contribution in [2.45, 2.75) is 26.8 Å². The van der Waals surface area contributed by atoms with Gasteiger partial charge in [0, 0.05) is 12.6 Å². The van der Waals surface area contributed by atoms with Crippen LogP contribution >= 0.6 is 23.2 Å². The van der Waals surface area contributed by atoms with E-state index in [-0.39, 0.29) is 11.1 Å². The molecule has 0 aliphatic rings. The lowest BCUT2D eigenvalue weighted by Crippen LogP contribution is -2.39. The molecule has 0 aliphatic carbocycles. The summed E-state index contributed by atoms with van der Waals surface area (Å²) in [5.41, 5.74) is 1.29. The second-order valence-corrected chi connectivity index (χ2v) is 8.00. The number of carboxylic acids is 1. The molecular formula is C19H21Cl2N3O3. The van der Waals surface area contributed by atoms with Gasteiger partial charge in [-0.05, 0) is 23.6 Å². The molecule has 27 heavy (non-hydrogen) atoms. The van der Waals surface area contributed by atoms with Crippen molar-refractivity contribution in [1.29, 1.82) is 0 Å². The molecular weight excluding hydrogens is 389 g/mol. The fourth-order valence-electron chi connectivity index (χ4n) is 2.30. The van der Waals surface area contributed by atoms with E-state index in [1.807, 2.05) is 20.8 Å². The first kappa shape index (κ1) is 21.0. The van der Waals surface area contributed by atoms with Gasteiger partial charge in [-0.25, -0.2) is 4.79 Å². The number of allylic oxidation sites excluding steroid dienone is 1. The molecule has 1 atom stereocenters. The maximum absolute atomic E-state index is 12.5. The van der Waals surface area contributed by atoms with Crippen molar-refractivity contribution in [3.05, 3.63) is 52.2 Å². The monoisotopic (exact) mass is 409 g/mol. The zero-order valence-corrected chi connectivity index (χ0v) is 17.0. The van der Waals surface area contributed by atoms with Gasteiger partial charge in [-0.3, -0.25) is 9.48 Å². The summed E-state index contributed by atoms with van der Waals surface area (Å²) in [4.78, 5) is 23.9. The molecule has 2 N–H and O–H groups in total. The van der Waals surface area contributed by atoms with E-state index in [1.54, 1.807) is 37.4 Å². The molecule has 1 heterocycles. The zero-order valence-electron chi connectivity index (χ0n) is 15.5. The van der Waals surface area contributed by atoms with Gasteiger partial charge >= 0.3 is 5.97 Å². The number of benzene rings is 1. The third-order valence-corrected chi connectivity index (χ3v) is 4.41. The van der Waals surface area contributed by atoms with Gasteiger partial charge in [-0.15, -0.1) is 0 Å². The van der Waals surface area contributed by atoms with Crippen molar-refractivity contribution in [3.63, 3.8) is 0 Å². The number of hydrogen-bond donors (Lipinski definition) is 2. The van der Waals surface area contributed by atoms with Gasteiger partial charge in [-0.1, -0.05) is 62.2 Å². The van der Waals surface area contributed by atoms with Crippen molar-refractivity contribution in [2.75, 3.05) is 0 Å². The molecule has 1 unspecified atom stereocenters. The Morgan fingerprint density at radius 3 is 2.44 bits per heavy atom. The molecule has 6 nitrogen and oxygen atoms in total. The summed E-state index contributed by atoms with van der Waals surface area (Å²) >= 11 is 12.0. The van der Waals surface area contributed by atoms with Crippen LogP contribution in [-0.4, -0.2) is 32.8 Å². The van der Waals surface area contributed by atoms with E-state index < -0.39 is 17.9 Å². The summed E-state index contributed by atoms with van der Waals surface area (Å²) < 4.78 is 1.52. The van der Waals surface area contributed by atoms with Crippen LogP contribution in [0.2, 0.25) is 10.0 Å². The number of rotatable bonds is 5. The molecule has 144 valence electrons. The van der Waals surface area contributed by atoms with Gasteiger partial charge in [0.1, 0.15) is 6.04 Å². The van der Waals surface area contributed by atoms with E-state index in [4.69, 9.17) is 23.2 Å². The van der Waals surface area contributed by atoms with Crippen LogP contribution in [0.1, 0.15) is 31.3 Å². The minimum atomic E-state index is -1.15. The number of aliphatic carboxylic acids is 1. The average Bonchev–Trinajstić information content (AvgIpc) is 2.94. The molecule has 0 saturated carbocycles. The molecule has 0 aliphatic heterocycles. The summed E-state index contributed by atoms with van der Waals surface area (Å²) in [6, 6.07) is 5.52. The SMILES string of the molecule is Cn1nc(C(=O)NC(C=CC(C)(C)C)C(=O)O)cc1-c1ccc(Cl)c(Cl)c1. The second-order valence-electron chi connectivity index (χ2n) is 7.18. The second kappa shape index (κ2) is 8.15. The van der Waals surface area contributed by atoms with Crippen LogP contribution < -0.4 is 5.32 Å². The maximum atomic E-state index is 12.5. The number of aryl methyl sites for hydroxylation is 1. The zero-order chi connectivity index (χ0) is 20.4. The number of halogens is 2. The normalized spacial score (nSPS) is 13.0. The van der Waals surface area contributed by atoms with Gasteiger partial charge in [0.15, 0.2) is 5.69 Å².